The van der Waals surface area contributed by atoms with Crippen LogP contribution in [0.5, 0.6) is 5.75 Å². The third-order valence-electron chi connectivity index (χ3n) is 2.68. The third-order valence-corrected chi connectivity index (χ3v) is 3.36. The van der Waals surface area contributed by atoms with Crippen LogP contribution in [0.15, 0.2) is 47.1 Å². The predicted octanol–water partition coefficient (Wildman–Crippen LogP) is 3.76. The molecule has 120 valence electrons. The van der Waals surface area contributed by atoms with Crippen LogP contribution in [0.1, 0.15) is 24.2 Å². The number of thiocarbonyl (C=S) groups is 1. The first-order valence-corrected chi connectivity index (χ1v) is 8.15. The van der Waals surface area contributed by atoms with Gasteiger partial charge in [-0.05, 0) is 78.4 Å². The average molecular weight is 394 g/mol. The number of rotatable bonds is 4. The number of amides is 1. The largest absolute Gasteiger partial charge is 0.491 e. The van der Waals surface area contributed by atoms with Gasteiger partial charge in [0.05, 0.1) is 6.10 Å². The maximum Gasteiger partial charge on any atom is 0.257 e. The highest BCUT2D eigenvalue weighted by molar-refractivity contribution is 9.10. The average Bonchev–Trinajstić information content (AvgIpc) is 2.49. The van der Waals surface area contributed by atoms with E-state index in [-0.39, 0.29) is 17.1 Å². The smallest absolute Gasteiger partial charge is 0.257 e. The molecular weight excluding hydrogens is 378 g/mol. The number of hydrogen-bond acceptors (Lipinski definition) is 4. The minimum absolute atomic E-state index is 0.0878. The Kier molecular flexibility index (Phi) is 6.06. The van der Waals surface area contributed by atoms with Gasteiger partial charge in [0.1, 0.15) is 11.6 Å². The maximum absolute atomic E-state index is 12.1. The number of carbonyl (C=O) groups excluding carboxylic acids is 1. The molecule has 0 saturated heterocycles. The summed E-state index contributed by atoms with van der Waals surface area (Å²) < 4.78 is 6.40. The second-order valence-electron chi connectivity index (χ2n) is 4.96. The van der Waals surface area contributed by atoms with Gasteiger partial charge in [0.25, 0.3) is 5.91 Å². The van der Waals surface area contributed by atoms with E-state index in [9.17, 15) is 4.79 Å². The zero-order valence-electron chi connectivity index (χ0n) is 12.7. The van der Waals surface area contributed by atoms with E-state index >= 15 is 0 Å². The fraction of sp³-hybridized carbons (Fsp3) is 0.188. The van der Waals surface area contributed by atoms with Gasteiger partial charge in [-0.15, -0.1) is 0 Å². The van der Waals surface area contributed by atoms with Crippen LogP contribution < -0.4 is 15.4 Å². The Morgan fingerprint density at radius 1 is 1.22 bits per heavy atom. The van der Waals surface area contributed by atoms with Crippen molar-refractivity contribution in [3.05, 3.63) is 52.6 Å². The van der Waals surface area contributed by atoms with Gasteiger partial charge in [0.15, 0.2) is 5.11 Å². The van der Waals surface area contributed by atoms with Crippen molar-refractivity contribution in [1.82, 2.24) is 10.3 Å². The van der Waals surface area contributed by atoms with Gasteiger partial charge in [0, 0.05) is 16.2 Å². The number of pyridine rings is 1. The molecule has 0 radical (unpaired) electrons. The Bertz CT molecular complexity index is 687. The van der Waals surface area contributed by atoms with Gasteiger partial charge < -0.3 is 10.1 Å². The van der Waals surface area contributed by atoms with Crippen molar-refractivity contribution in [2.45, 2.75) is 20.0 Å². The van der Waals surface area contributed by atoms with E-state index in [2.05, 4.69) is 31.5 Å². The van der Waals surface area contributed by atoms with Crippen molar-refractivity contribution in [3.8, 4) is 5.75 Å². The summed E-state index contributed by atoms with van der Waals surface area (Å²) in [5.74, 6) is 0.978. The minimum Gasteiger partial charge on any atom is -0.491 e. The molecule has 23 heavy (non-hydrogen) atoms. The number of nitrogens with one attached hydrogen (secondary N) is 2. The van der Waals surface area contributed by atoms with Crippen molar-refractivity contribution in [2.75, 3.05) is 5.32 Å². The molecule has 2 N–H and O–H groups in total. The first kappa shape index (κ1) is 17.4. The number of benzene rings is 1. The van der Waals surface area contributed by atoms with Crippen molar-refractivity contribution in [1.29, 1.82) is 0 Å². The van der Waals surface area contributed by atoms with Crippen LogP contribution in [-0.4, -0.2) is 22.1 Å². The molecule has 1 aromatic heterocycles. The van der Waals surface area contributed by atoms with Crippen LogP contribution >= 0.6 is 28.1 Å². The molecule has 0 fully saturated rings. The number of ether oxygens (including phenoxy) is 1. The van der Waals surface area contributed by atoms with Crippen molar-refractivity contribution < 1.29 is 9.53 Å². The summed E-state index contributed by atoms with van der Waals surface area (Å²) in [6.07, 6.45) is 1.73. The van der Waals surface area contributed by atoms with E-state index in [0.29, 0.717) is 11.4 Å². The molecule has 1 amide bonds. The Morgan fingerprint density at radius 2 is 1.91 bits per heavy atom. The van der Waals surface area contributed by atoms with Crippen molar-refractivity contribution >= 4 is 45.0 Å². The molecule has 0 aliphatic heterocycles. The lowest BCUT2D eigenvalue weighted by Crippen LogP contribution is -2.34. The molecule has 1 aromatic carbocycles. The predicted molar refractivity (Wildman–Crippen MR) is 97.8 cm³/mol. The summed E-state index contributed by atoms with van der Waals surface area (Å²) >= 11 is 8.41. The summed E-state index contributed by atoms with van der Waals surface area (Å²) in [4.78, 5) is 16.2. The summed E-state index contributed by atoms with van der Waals surface area (Å²) in [5, 5.41) is 5.65. The van der Waals surface area contributed by atoms with Gasteiger partial charge in [-0.1, -0.05) is 0 Å². The molecule has 0 spiro atoms. The van der Waals surface area contributed by atoms with Crippen LogP contribution in [0.2, 0.25) is 0 Å². The van der Waals surface area contributed by atoms with Crippen LogP contribution in [0.25, 0.3) is 0 Å². The number of halogens is 1. The minimum atomic E-state index is -0.296. The molecule has 0 unspecified atom stereocenters. The van der Waals surface area contributed by atoms with Crippen LogP contribution in [0.3, 0.4) is 0 Å². The normalized spacial score (nSPS) is 10.3. The zero-order chi connectivity index (χ0) is 16.8. The fourth-order valence-corrected chi connectivity index (χ4v) is 2.16. The molecule has 0 saturated carbocycles. The summed E-state index contributed by atoms with van der Waals surface area (Å²) in [7, 11) is 0. The first-order chi connectivity index (χ1) is 10.9. The highest BCUT2D eigenvalue weighted by Crippen LogP contribution is 2.14. The van der Waals surface area contributed by atoms with E-state index < -0.39 is 0 Å². The van der Waals surface area contributed by atoms with Crippen LogP contribution in [0.4, 0.5) is 5.82 Å². The number of nitrogens with zero attached hydrogens (tertiary/aromatic N) is 1. The van der Waals surface area contributed by atoms with E-state index in [1.165, 1.54) is 0 Å². The van der Waals surface area contributed by atoms with E-state index in [1.807, 2.05) is 19.9 Å². The zero-order valence-corrected chi connectivity index (χ0v) is 15.1. The fourth-order valence-electron chi connectivity index (χ4n) is 1.73. The second kappa shape index (κ2) is 8.03. The Labute approximate surface area is 148 Å². The summed E-state index contributed by atoms with van der Waals surface area (Å²) in [6, 6.07) is 10.5. The van der Waals surface area contributed by atoms with Gasteiger partial charge >= 0.3 is 0 Å². The highest BCUT2D eigenvalue weighted by atomic mass is 79.9. The third kappa shape index (κ3) is 5.61. The summed E-state index contributed by atoms with van der Waals surface area (Å²) in [6.45, 7) is 3.89. The van der Waals surface area contributed by atoms with Crippen LogP contribution in [0, 0.1) is 0 Å². The van der Waals surface area contributed by atoms with E-state index in [0.717, 1.165) is 10.2 Å². The highest BCUT2D eigenvalue weighted by Gasteiger charge is 2.09. The van der Waals surface area contributed by atoms with Gasteiger partial charge in [-0.3, -0.25) is 10.1 Å². The Hall–Kier alpha value is -1.99. The first-order valence-electron chi connectivity index (χ1n) is 6.94. The monoisotopic (exact) mass is 393 g/mol. The Balaban J connectivity index is 1.92. The second-order valence-corrected chi connectivity index (χ2v) is 6.28. The molecule has 2 aromatic rings. The number of anilines is 1. The molecule has 0 atom stereocenters. The van der Waals surface area contributed by atoms with Crippen LogP contribution in [-0.2, 0) is 0 Å². The van der Waals surface area contributed by atoms with Gasteiger partial charge in [-0.25, -0.2) is 4.98 Å². The van der Waals surface area contributed by atoms with E-state index in [4.69, 9.17) is 17.0 Å². The topological polar surface area (TPSA) is 63.2 Å². The molecular formula is C16H16BrN3O2S. The Morgan fingerprint density at radius 3 is 2.48 bits per heavy atom. The maximum atomic E-state index is 12.1. The molecule has 0 aliphatic rings. The number of hydrogen-bond donors (Lipinski definition) is 2. The van der Waals surface area contributed by atoms with Gasteiger partial charge in [0.2, 0.25) is 0 Å². The van der Waals surface area contributed by atoms with Crippen molar-refractivity contribution in [3.63, 3.8) is 0 Å². The number of carbonyl (C=O) groups is 1. The molecule has 0 bridgehead atoms. The molecule has 5 nitrogen and oxygen atoms in total. The molecule has 1 heterocycles. The quantitative estimate of drug-likeness (QED) is 0.774. The van der Waals surface area contributed by atoms with Crippen molar-refractivity contribution in [2.24, 2.45) is 0 Å². The standard InChI is InChI=1S/C16H16BrN3O2S/c1-10(2)22-13-6-3-11(4-7-13)15(21)20-16(23)19-14-8-5-12(17)9-18-14/h3-10H,1-2H3,(H2,18,19,20,21,23). The summed E-state index contributed by atoms with van der Waals surface area (Å²) in [5.41, 5.74) is 0.494. The lowest BCUT2D eigenvalue weighted by Gasteiger charge is -2.11. The molecule has 2 rings (SSSR count). The SMILES string of the molecule is CC(C)Oc1ccc(C(=O)NC(=S)Nc2ccc(Br)cn2)cc1. The van der Waals surface area contributed by atoms with E-state index in [1.54, 1.807) is 36.5 Å². The molecule has 7 heteroatoms. The molecule has 0 aliphatic carbocycles. The lowest BCUT2D eigenvalue weighted by atomic mass is 10.2. The number of aromatic nitrogens is 1. The van der Waals surface area contributed by atoms with Gasteiger partial charge in [-0.2, -0.15) is 0 Å². The lowest BCUT2D eigenvalue weighted by molar-refractivity contribution is 0.0977.